The van der Waals surface area contributed by atoms with Gasteiger partial charge in [-0.05, 0) is 24.3 Å². The predicted octanol–water partition coefficient (Wildman–Crippen LogP) is 3.48. The van der Waals surface area contributed by atoms with Gasteiger partial charge in [-0.15, -0.1) is 6.58 Å². The zero-order valence-electron chi connectivity index (χ0n) is 15.7. The van der Waals surface area contributed by atoms with Crippen molar-refractivity contribution in [1.82, 2.24) is 24.1 Å². The van der Waals surface area contributed by atoms with E-state index in [2.05, 4.69) is 11.6 Å². The topological polar surface area (TPSA) is 74.8 Å². The monoisotopic (exact) mass is 383 g/mol. The number of allylic oxidation sites excluding steroid dienone is 1. The Kier molecular flexibility index (Phi) is 3.87. The van der Waals surface area contributed by atoms with E-state index in [-0.39, 0.29) is 5.56 Å². The fourth-order valence-corrected chi connectivity index (χ4v) is 3.54. The predicted molar refractivity (Wildman–Crippen MR) is 113 cm³/mol. The van der Waals surface area contributed by atoms with Gasteiger partial charge in [0.15, 0.2) is 11.3 Å². The molecule has 3 heterocycles. The highest BCUT2D eigenvalue weighted by Crippen LogP contribution is 2.29. The van der Waals surface area contributed by atoms with E-state index in [4.69, 9.17) is 14.7 Å². The summed E-state index contributed by atoms with van der Waals surface area (Å²) in [6.07, 6.45) is 3.19. The van der Waals surface area contributed by atoms with Crippen molar-refractivity contribution in [3.63, 3.8) is 0 Å². The Labute approximate surface area is 165 Å². The Hall–Kier alpha value is -4.00. The largest absolute Gasteiger partial charge is 0.497 e. The first kappa shape index (κ1) is 17.1. The van der Waals surface area contributed by atoms with Crippen molar-refractivity contribution >= 4 is 33.2 Å². The molecule has 0 unspecified atom stereocenters. The SMILES string of the molecule is C=CCn1cnc2c(c1=O)c1nc3ccccc3nc1n2-c1cccc(OC)c1. The van der Waals surface area contributed by atoms with Gasteiger partial charge >= 0.3 is 0 Å². The summed E-state index contributed by atoms with van der Waals surface area (Å²) >= 11 is 0. The molecule has 0 aliphatic heterocycles. The number of hydrogen-bond acceptors (Lipinski definition) is 5. The Morgan fingerprint density at radius 2 is 1.86 bits per heavy atom. The van der Waals surface area contributed by atoms with E-state index in [1.165, 1.54) is 10.9 Å². The van der Waals surface area contributed by atoms with Crippen molar-refractivity contribution in [1.29, 1.82) is 0 Å². The van der Waals surface area contributed by atoms with Crippen LogP contribution in [0.5, 0.6) is 5.75 Å². The number of rotatable bonds is 4. The van der Waals surface area contributed by atoms with E-state index >= 15 is 0 Å². The highest BCUT2D eigenvalue weighted by molar-refractivity contribution is 6.05. The third kappa shape index (κ3) is 2.59. The molecule has 0 saturated carbocycles. The Balaban J connectivity index is 1.98. The fraction of sp³-hybridized carbons (Fsp3) is 0.0909. The first-order chi connectivity index (χ1) is 14.2. The summed E-state index contributed by atoms with van der Waals surface area (Å²) in [5.74, 6) is 0.700. The molecule has 7 heteroatoms. The molecular weight excluding hydrogens is 366 g/mol. The lowest BCUT2D eigenvalue weighted by Gasteiger charge is -2.08. The summed E-state index contributed by atoms with van der Waals surface area (Å²) in [6.45, 7) is 4.09. The van der Waals surface area contributed by atoms with E-state index in [1.807, 2.05) is 53.1 Å². The number of ether oxygens (including phenoxy) is 1. The zero-order chi connectivity index (χ0) is 20.0. The summed E-state index contributed by atoms with van der Waals surface area (Å²) in [6, 6.07) is 15.2. The van der Waals surface area contributed by atoms with Gasteiger partial charge in [0.05, 0.1) is 23.8 Å². The minimum atomic E-state index is -0.175. The quantitative estimate of drug-likeness (QED) is 0.444. The highest BCUT2D eigenvalue weighted by atomic mass is 16.5. The molecule has 3 aromatic heterocycles. The van der Waals surface area contributed by atoms with Gasteiger partial charge in [0.2, 0.25) is 0 Å². The number of fused-ring (bicyclic) bond motifs is 4. The van der Waals surface area contributed by atoms with Crippen molar-refractivity contribution in [2.45, 2.75) is 6.54 Å². The normalized spacial score (nSPS) is 11.3. The summed E-state index contributed by atoms with van der Waals surface area (Å²) in [5, 5.41) is 0.436. The van der Waals surface area contributed by atoms with Crippen LogP contribution in [0.4, 0.5) is 0 Å². The summed E-state index contributed by atoms with van der Waals surface area (Å²) in [7, 11) is 1.62. The fourth-order valence-electron chi connectivity index (χ4n) is 3.54. The number of benzene rings is 2. The molecule has 2 aromatic carbocycles. The van der Waals surface area contributed by atoms with Gasteiger partial charge in [-0.3, -0.25) is 13.9 Å². The zero-order valence-corrected chi connectivity index (χ0v) is 15.7. The maximum absolute atomic E-state index is 13.2. The smallest absolute Gasteiger partial charge is 0.265 e. The maximum Gasteiger partial charge on any atom is 0.265 e. The van der Waals surface area contributed by atoms with Crippen molar-refractivity contribution in [3.8, 4) is 11.4 Å². The lowest BCUT2D eigenvalue weighted by Crippen LogP contribution is -2.20. The molecule has 0 aliphatic carbocycles. The van der Waals surface area contributed by atoms with Crippen LogP contribution in [-0.2, 0) is 6.54 Å². The van der Waals surface area contributed by atoms with Gasteiger partial charge in [0, 0.05) is 12.6 Å². The summed E-state index contributed by atoms with van der Waals surface area (Å²) in [5.41, 5.74) is 3.70. The molecular formula is C22H17N5O2. The van der Waals surface area contributed by atoms with Crippen LogP contribution >= 0.6 is 0 Å². The van der Waals surface area contributed by atoms with Crippen molar-refractivity contribution < 1.29 is 4.74 Å². The Morgan fingerprint density at radius 1 is 1.07 bits per heavy atom. The molecule has 29 heavy (non-hydrogen) atoms. The van der Waals surface area contributed by atoms with Crippen LogP contribution in [0.2, 0.25) is 0 Å². The highest BCUT2D eigenvalue weighted by Gasteiger charge is 2.20. The molecule has 0 fully saturated rings. The van der Waals surface area contributed by atoms with Crippen LogP contribution in [-0.4, -0.2) is 31.2 Å². The van der Waals surface area contributed by atoms with Gasteiger partial charge in [0.1, 0.15) is 23.0 Å². The molecule has 0 radical (unpaired) electrons. The van der Waals surface area contributed by atoms with Crippen molar-refractivity contribution in [3.05, 3.63) is 77.9 Å². The van der Waals surface area contributed by atoms with E-state index in [0.29, 0.717) is 34.5 Å². The van der Waals surface area contributed by atoms with Crippen LogP contribution in [0.25, 0.3) is 38.9 Å². The molecule has 0 N–H and O–H groups in total. The molecule has 0 bridgehead atoms. The Morgan fingerprint density at radius 3 is 2.62 bits per heavy atom. The summed E-state index contributed by atoms with van der Waals surface area (Å²) in [4.78, 5) is 27.4. The first-order valence-electron chi connectivity index (χ1n) is 9.13. The van der Waals surface area contributed by atoms with Gasteiger partial charge < -0.3 is 4.74 Å². The second-order valence-corrected chi connectivity index (χ2v) is 6.61. The molecule has 142 valence electrons. The first-order valence-corrected chi connectivity index (χ1v) is 9.13. The van der Waals surface area contributed by atoms with Crippen LogP contribution in [0.1, 0.15) is 0 Å². The van der Waals surface area contributed by atoms with Crippen molar-refractivity contribution in [2.24, 2.45) is 0 Å². The van der Waals surface area contributed by atoms with E-state index in [1.54, 1.807) is 13.2 Å². The number of methoxy groups -OCH3 is 1. The lowest BCUT2D eigenvalue weighted by atomic mass is 10.3. The van der Waals surface area contributed by atoms with E-state index in [0.717, 1.165) is 16.7 Å². The molecule has 0 spiro atoms. The molecule has 0 aliphatic rings. The van der Waals surface area contributed by atoms with Crippen LogP contribution in [0, 0.1) is 0 Å². The maximum atomic E-state index is 13.2. The molecule has 0 amide bonds. The van der Waals surface area contributed by atoms with Gasteiger partial charge in [0.25, 0.3) is 5.56 Å². The minimum Gasteiger partial charge on any atom is -0.497 e. The van der Waals surface area contributed by atoms with Crippen molar-refractivity contribution in [2.75, 3.05) is 7.11 Å². The lowest BCUT2D eigenvalue weighted by molar-refractivity contribution is 0.414. The van der Waals surface area contributed by atoms with Crippen LogP contribution < -0.4 is 10.3 Å². The third-order valence-electron chi connectivity index (χ3n) is 4.87. The average molecular weight is 383 g/mol. The van der Waals surface area contributed by atoms with Crippen LogP contribution in [0.15, 0.2) is 72.3 Å². The van der Waals surface area contributed by atoms with Gasteiger partial charge in [-0.25, -0.2) is 15.0 Å². The Bertz CT molecular complexity index is 1470. The molecule has 0 saturated heterocycles. The number of aromatic nitrogens is 5. The molecule has 0 atom stereocenters. The van der Waals surface area contributed by atoms with Gasteiger partial charge in [-0.2, -0.15) is 0 Å². The molecule has 5 aromatic rings. The van der Waals surface area contributed by atoms with Gasteiger partial charge in [-0.1, -0.05) is 24.3 Å². The summed E-state index contributed by atoms with van der Waals surface area (Å²) < 4.78 is 8.74. The second-order valence-electron chi connectivity index (χ2n) is 6.61. The minimum absolute atomic E-state index is 0.175. The average Bonchev–Trinajstić information content (AvgIpc) is 3.08. The van der Waals surface area contributed by atoms with E-state index < -0.39 is 0 Å². The second kappa shape index (κ2) is 6.56. The molecule has 7 nitrogen and oxygen atoms in total. The number of nitrogens with zero attached hydrogens (tertiary/aromatic N) is 5. The number of para-hydroxylation sites is 2. The standard InChI is InChI=1S/C22H17N5O2/c1-3-11-26-13-23-20-18(22(26)28)19-21(25-17-10-5-4-9-16(17)24-19)27(20)14-7-6-8-15(12-14)29-2/h3-10,12-13H,1,11H2,2H3. The number of hydrogen-bond donors (Lipinski definition) is 0. The van der Waals surface area contributed by atoms with E-state index in [9.17, 15) is 4.79 Å². The van der Waals surface area contributed by atoms with Crippen LogP contribution in [0.3, 0.4) is 0 Å². The molecule has 5 rings (SSSR count). The third-order valence-corrected chi connectivity index (χ3v) is 4.87.